The van der Waals surface area contributed by atoms with Gasteiger partial charge in [-0.1, -0.05) is 12.1 Å². The van der Waals surface area contributed by atoms with Gasteiger partial charge in [0.2, 0.25) is 5.91 Å². The molecule has 3 amide bonds. The summed E-state index contributed by atoms with van der Waals surface area (Å²) < 4.78 is 13.1. The Hall–Kier alpha value is -3.55. The van der Waals surface area contributed by atoms with Crippen LogP contribution in [0.1, 0.15) is 42.6 Å². The Balaban J connectivity index is 1.66. The summed E-state index contributed by atoms with van der Waals surface area (Å²) in [5, 5.41) is 10.9. The average Bonchev–Trinajstić information content (AvgIpc) is 2.71. The molecule has 1 aliphatic heterocycles. The number of carbonyl (C=O) groups is 3. The molecule has 0 aromatic heterocycles. The summed E-state index contributed by atoms with van der Waals surface area (Å²) in [6, 6.07) is 12.3. The average molecular weight is 410 g/mol. The number of anilines is 1. The van der Waals surface area contributed by atoms with Crippen LogP contribution in [0.2, 0.25) is 0 Å². The van der Waals surface area contributed by atoms with Crippen LogP contribution in [0.25, 0.3) is 0 Å². The van der Waals surface area contributed by atoms with Crippen molar-refractivity contribution in [1.29, 1.82) is 0 Å². The largest absolute Gasteiger partial charge is 0.350 e. The van der Waals surface area contributed by atoms with Crippen molar-refractivity contribution in [3.8, 4) is 0 Å². The van der Waals surface area contributed by atoms with Crippen molar-refractivity contribution in [2.24, 2.45) is 5.10 Å². The molecular weight excluding hydrogens is 387 g/mol. The van der Waals surface area contributed by atoms with E-state index in [0.29, 0.717) is 16.8 Å². The van der Waals surface area contributed by atoms with Crippen LogP contribution in [-0.2, 0) is 16.1 Å². The molecule has 7 nitrogen and oxygen atoms in total. The van der Waals surface area contributed by atoms with Gasteiger partial charge in [0, 0.05) is 30.1 Å². The molecule has 2 aromatic carbocycles. The van der Waals surface area contributed by atoms with Crippen molar-refractivity contribution >= 4 is 29.1 Å². The van der Waals surface area contributed by atoms with E-state index in [0.717, 1.165) is 0 Å². The van der Waals surface area contributed by atoms with E-state index in [4.69, 9.17) is 0 Å². The molecule has 156 valence electrons. The molecule has 2 aromatic rings. The van der Waals surface area contributed by atoms with E-state index in [1.165, 1.54) is 17.1 Å². The summed E-state index contributed by atoms with van der Waals surface area (Å²) in [7, 11) is 0. The number of rotatable bonds is 6. The molecule has 0 radical (unpaired) electrons. The lowest BCUT2D eigenvalue weighted by molar-refractivity contribution is -0.132. The van der Waals surface area contributed by atoms with Crippen LogP contribution in [0.15, 0.2) is 53.6 Å². The molecule has 0 saturated carbocycles. The highest BCUT2D eigenvalue weighted by Crippen LogP contribution is 2.16. The van der Waals surface area contributed by atoms with Crippen molar-refractivity contribution in [3.63, 3.8) is 0 Å². The van der Waals surface area contributed by atoms with E-state index >= 15 is 0 Å². The van der Waals surface area contributed by atoms with E-state index in [1.54, 1.807) is 36.4 Å². The topological polar surface area (TPSA) is 90.9 Å². The van der Waals surface area contributed by atoms with E-state index in [9.17, 15) is 18.8 Å². The summed E-state index contributed by atoms with van der Waals surface area (Å²) in [5.41, 5.74) is 1.96. The fourth-order valence-corrected chi connectivity index (χ4v) is 2.90. The maximum atomic E-state index is 13.1. The first kappa shape index (κ1) is 21.2. The summed E-state index contributed by atoms with van der Waals surface area (Å²) in [5.74, 6) is -1.16. The molecule has 8 heteroatoms. The fraction of sp³-hybridized carbons (Fsp3) is 0.273. The molecule has 0 aliphatic carbocycles. The normalized spacial score (nSPS) is 13.8. The Kier molecular flexibility index (Phi) is 6.56. The SMILES string of the molecule is CC(C)NC(=O)c1ccc(NC(=O)C2=NN(Cc3ccc(F)cc3)C(=O)CC2)cc1. The standard InChI is InChI=1S/C22H23FN4O3/c1-14(2)24-21(29)16-5-9-18(10-6-16)25-22(30)19-11-12-20(28)27(26-19)13-15-3-7-17(23)8-4-15/h3-10,14H,11-13H2,1-2H3,(H,24,29)(H,25,30). The highest BCUT2D eigenvalue weighted by Gasteiger charge is 2.24. The van der Waals surface area contributed by atoms with Crippen molar-refractivity contribution in [2.75, 3.05) is 5.32 Å². The smallest absolute Gasteiger partial charge is 0.271 e. The van der Waals surface area contributed by atoms with Crippen molar-refractivity contribution in [1.82, 2.24) is 10.3 Å². The molecule has 0 saturated heterocycles. The number of halogens is 1. The number of nitrogens with one attached hydrogen (secondary N) is 2. The third-order valence-electron chi connectivity index (χ3n) is 4.44. The van der Waals surface area contributed by atoms with Gasteiger partial charge in [-0.3, -0.25) is 14.4 Å². The van der Waals surface area contributed by atoms with Gasteiger partial charge in [-0.15, -0.1) is 0 Å². The van der Waals surface area contributed by atoms with Gasteiger partial charge in [-0.2, -0.15) is 5.10 Å². The number of amides is 3. The molecule has 0 fully saturated rings. The predicted octanol–water partition coefficient (Wildman–Crippen LogP) is 3.08. The number of benzene rings is 2. The molecule has 0 unspecified atom stereocenters. The van der Waals surface area contributed by atoms with E-state index < -0.39 is 5.91 Å². The second kappa shape index (κ2) is 9.30. The molecule has 1 aliphatic rings. The first-order valence-electron chi connectivity index (χ1n) is 9.66. The van der Waals surface area contributed by atoms with E-state index in [-0.39, 0.29) is 48.8 Å². The molecular formula is C22H23FN4O3. The van der Waals surface area contributed by atoms with Crippen molar-refractivity contribution in [2.45, 2.75) is 39.3 Å². The van der Waals surface area contributed by atoms with Gasteiger partial charge in [0.25, 0.3) is 11.8 Å². The zero-order valence-electron chi connectivity index (χ0n) is 16.8. The van der Waals surface area contributed by atoms with Crippen LogP contribution in [0.5, 0.6) is 0 Å². The third kappa shape index (κ3) is 5.50. The molecule has 0 bridgehead atoms. The highest BCUT2D eigenvalue weighted by molar-refractivity contribution is 6.43. The monoisotopic (exact) mass is 410 g/mol. The lowest BCUT2D eigenvalue weighted by Crippen LogP contribution is -2.36. The van der Waals surface area contributed by atoms with Crippen molar-refractivity contribution < 1.29 is 18.8 Å². The Labute approximate surface area is 174 Å². The minimum atomic E-state index is -0.411. The van der Waals surface area contributed by atoms with Gasteiger partial charge in [0.05, 0.1) is 6.54 Å². The quantitative estimate of drug-likeness (QED) is 0.767. The van der Waals surface area contributed by atoms with Crippen LogP contribution in [0.4, 0.5) is 10.1 Å². The van der Waals surface area contributed by atoms with Gasteiger partial charge < -0.3 is 10.6 Å². The second-order valence-electron chi connectivity index (χ2n) is 7.28. The minimum Gasteiger partial charge on any atom is -0.350 e. The van der Waals surface area contributed by atoms with Crippen LogP contribution >= 0.6 is 0 Å². The molecule has 3 rings (SSSR count). The van der Waals surface area contributed by atoms with Crippen LogP contribution in [-0.4, -0.2) is 34.5 Å². The fourth-order valence-electron chi connectivity index (χ4n) is 2.90. The Morgan fingerprint density at radius 2 is 1.70 bits per heavy atom. The third-order valence-corrected chi connectivity index (χ3v) is 4.44. The summed E-state index contributed by atoms with van der Waals surface area (Å²) in [4.78, 5) is 36.7. The Morgan fingerprint density at radius 3 is 2.33 bits per heavy atom. The highest BCUT2D eigenvalue weighted by atomic mass is 19.1. The lowest BCUT2D eigenvalue weighted by atomic mass is 10.1. The second-order valence-corrected chi connectivity index (χ2v) is 7.28. The molecule has 1 heterocycles. The zero-order chi connectivity index (χ0) is 21.7. The number of hydrazone groups is 1. The van der Waals surface area contributed by atoms with E-state index in [2.05, 4.69) is 15.7 Å². The first-order chi connectivity index (χ1) is 14.3. The summed E-state index contributed by atoms with van der Waals surface area (Å²) in [6.07, 6.45) is 0.404. The molecule has 30 heavy (non-hydrogen) atoms. The van der Waals surface area contributed by atoms with Crippen LogP contribution < -0.4 is 10.6 Å². The number of carbonyl (C=O) groups excluding carboxylic acids is 3. The lowest BCUT2D eigenvalue weighted by Gasteiger charge is -2.23. The summed E-state index contributed by atoms with van der Waals surface area (Å²) in [6.45, 7) is 3.92. The maximum absolute atomic E-state index is 13.1. The maximum Gasteiger partial charge on any atom is 0.271 e. The summed E-state index contributed by atoms with van der Waals surface area (Å²) >= 11 is 0. The first-order valence-corrected chi connectivity index (χ1v) is 9.66. The van der Waals surface area contributed by atoms with E-state index in [1.807, 2.05) is 13.8 Å². The van der Waals surface area contributed by atoms with Crippen molar-refractivity contribution in [3.05, 3.63) is 65.5 Å². The van der Waals surface area contributed by atoms with Gasteiger partial charge >= 0.3 is 0 Å². The van der Waals surface area contributed by atoms with Crippen LogP contribution in [0.3, 0.4) is 0 Å². The number of nitrogens with zero attached hydrogens (tertiary/aromatic N) is 2. The Morgan fingerprint density at radius 1 is 1.03 bits per heavy atom. The zero-order valence-corrected chi connectivity index (χ0v) is 16.8. The van der Waals surface area contributed by atoms with Gasteiger partial charge in [-0.05, 0) is 55.8 Å². The predicted molar refractivity (Wildman–Crippen MR) is 111 cm³/mol. The number of hydrogen-bond donors (Lipinski definition) is 2. The van der Waals surface area contributed by atoms with Gasteiger partial charge in [0.15, 0.2) is 0 Å². The van der Waals surface area contributed by atoms with Gasteiger partial charge in [-0.25, -0.2) is 9.40 Å². The minimum absolute atomic E-state index is 0.0294. The van der Waals surface area contributed by atoms with Gasteiger partial charge in [0.1, 0.15) is 11.5 Å². The van der Waals surface area contributed by atoms with Crippen LogP contribution in [0, 0.1) is 5.82 Å². The molecule has 0 atom stereocenters. The number of hydrogen-bond acceptors (Lipinski definition) is 4. The Bertz CT molecular complexity index is 969. The molecule has 2 N–H and O–H groups in total. The molecule has 0 spiro atoms.